The molecule has 1 atom stereocenters. The Hall–Kier alpha value is -3.48. The number of benzene rings is 3. The summed E-state index contributed by atoms with van der Waals surface area (Å²) in [6, 6.07) is 18.1. The van der Waals surface area contributed by atoms with Gasteiger partial charge in [0.05, 0.1) is 63.5 Å². The first-order valence-electron chi connectivity index (χ1n) is 28.4. The maximum Gasteiger partial charge on any atom is 0.705 e. The van der Waals surface area contributed by atoms with Gasteiger partial charge in [-0.3, -0.25) is 0 Å². The maximum absolute atomic E-state index is 7.51. The molecule has 6 heteroatoms. The molecule has 6 nitrogen and oxygen atoms in total. The minimum absolute atomic E-state index is 0.00307. The number of hydrogen-bond donors (Lipinski definition) is 0. The molecule has 3 aromatic carbocycles. The van der Waals surface area contributed by atoms with Crippen LogP contribution in [0.15, 0.2) is 48.5 Å². The van der Waals surface area contributed by atoms with Gasteiger partial charge in [0, 0.05) is 46.1 Å². The van der Waals surface area contributed by atoms with Crippen molar-refractivity contribution in [3.8, 4) is 22.6 Å². The highest BCUT2D eigenvalue weighted by Crippen LogP contribution is 2.51. The first kappa shape index (κ1) is 54.8. The van der Waals surface area contributed by atoms with Crippen molar-refractivity contribution in [1.29, 1.82) is 0 Å². The molecule has 0 radical (unpaired) electrons. The van der Waals surface area contributed by atoms with Crippen LogP contribution >= 0.6 is 0 Å². The largest absolute Gasteiger partial charge is 0.705 e. The molecule has 0 amide bonds. The third-order valence-corrected chi connectivity index (χ3v) is 17.3. The van der Waals surface area contributed by atoms with E-state index in [1.54, 1.807) is 0 Å². The quantitative estimate of drug-likeness (QED) is 0.0624. The Kier molecular flexibility index (Phi) is 17.6. The van der Waals surface area contributed by atoms with Crippen LogP contribution in [0.4, 0.5) is 0 Å². The Labute approximate surface area is 423 Å². The van der Waals surface area contributed by atoms with E-state index >= 15 is 0 Å². The molecule has 6 rings (SSSR count). The fourth-order valence-electron chi connectivity index (χ4n) is 11.9. The smallest absolute Gasteiger partial charge is 0.341 e. The van der Waals surface area contributed by atoms with Crippen LogP contribution in [-0.4, -0.2) is 100 Å². The number of ether oxygens (including phenoxy) is 2. The SMILES string of the molecule is CCCC[N+](CCCC)(CCCC)CCc1cccc(CC[N+](CCCC)(CCCC)CCCC)c1-c1ccc2c(c1)C=[N+]1C3(O2)Oc2c(cc(C(C)(C)C)cc2C(C)(C)C)C=[N+]3C(C)(C)C1(C)C. The minimum Gasteiger partial charge on any atom is -0.341 e. The topological polar surface area (TPSA) is 24.5 Å². The van der Waals surface area contributed by atoms with Crippen LogP contribution < -0.4 is 9.47 Å². The summed E-state index contributed by atoms with van der Waals surface area (Å²) >= 11 is 0. The molecule has 0 saturated carbocycles. The van der Waals surface area contributed by atoms with Crippen molar-refractivity contribution in [1.82, 2.24) is 0 Å². The van der Waals surface area contributed by atoms with Gasteiger partial charge in [-0.25, -0.2) is 0 Å². The zero-order valence-corrected chi connectivity index (χ0v) is 47.4. The molecule has 69 heavy (non-hydrogen) atoms. The van der Waals surface area contributed by atoms with Gasteiger partial charge in [-0.2, -0.15) is 0 Å². The molecule has 0 N–H and O–H groups in total. The molecule has 1 unspecified atom stereocenters. The summed E-state index contributed by atoms with van der Waals surface area (Å²) in [6.45, 7) is 47.7. The van der Waals surface area contributed by atoms with E-state index in [0.717, 1.165) is 35.5 Å². The van der Waals surface area contributed by atoms with Gasteiger partial charge in [-0.15, -0.1) is 0 Å². The zero-order valence-electron chi connectivity index (χ0n) is 47.4. The Morgan fingerprint density at radius 2 is 0.928 bits per heavy atom. The summed E-state index contributed by atoms with van der Waals surface area (Å²) in [5.74, 6) is 1.80. The van der Waals surface area contributed by atoms with Crippen LogP contribution in [0.25, 0.3) is 11.1 Å². The van der Waals surface area contributed by atoms with Crippen molar-refractivity contribution in [2.45, 2.75) is 229 Å². The van der Waals surface area contributed by atoms with Crippen molar-refractivity contribution in [2.24, 2.45) is 0 Å². The Bertz CT molecular complexity index is 2170. The molecule has 3 aliphatic heterocycles. The number of fused-ring (bicyclic) bond motifs is 2. The van der Waals surface area contributed by atoms with Crippen LogP contribution in [0.1, 0.15) is 221 Å². The molecule has 3 aromatic rings. The normalized spacial score (nSPS) is 18.4. The lowest BCUT2D eigenvalue weighted by Gasteiger charge is -2.40. The second kappa shape index (κ2) is 22.1. The molecule has 0 bridgehead atoms. The first-order valence-corrected chi connectivity index (χ1v) is 28.4. The highest BCUT2D eigenvalue weighted by atomic mass is 16.7. The van der Waals surface area contributed by atoms with E-state index in [4.69, 9.17) is 9.47 Å². The summed E-state index contributed by atoms with van der Waals surface area (Å²) in [5.41, 5.74) is 9.76. The first-order chi connectivity index (χ1) is 32.6. The number of nitrogens with zero attached hydrogens (tertiary/aromatic N) is 4. The van der Waals surface area contributed by atoms with E-state index in [0.29, 0.717) is 0 Å². The third kappa shape index (κ3) is 11.4. The van der Waals surface area contributed by atoms with Gasteiger partial charge < -0.3 is 18.4 Å². The maximum atomic E-state index is 7.51. The van der Waals surface area contributed by atoms with Gasteiger partial charge in [0.1, 0.15) is 0 Å². The van der Waals surface area contributed by atoms with Crippen molar-refractivity contribution in [2.75, 3.05) is 52.4 Å². The van der Waals surface area contributed by atoms with E-state index in [1.165, 1.54) is 172 Å². The van der Waals surface area contributed by atoms with Gasteiger partial charge in [0.15, 0.2) is 23.9 Å². The molecule has 382 valence electrons. The van der Waals surface area contributed by atoms with E-state index in [1.807, 2.05) is 0 Å². The second-order valence-electron chi connectivity index (χ2n) is 25.1. The minimum atomic E-state index is -1.17. The number of quaternary nitrogens is 2. The van der Waals surface area contributed by atoms with E-state index < -0.39 is 6.03 Å². The van der Waals surface area contributed by atoms with Gasteiger partial charge in [0.25, 0.3) is 0 Å². The highest BCUT2D eigenvalue weighted by molar-refractivity contribution is 5.87. The number of hydrogen-bond acceptors (Lipinski definition) is 2. The van der Waals surface area contributed by atoms with Crippen LogP contribution in [0.5, 0.6) is 11.5 Å². The molecule has 3 aliphatic rings. The lowest BCUT2D eigenvalue weighted by atomic mass is 9.78. The molecule has 0 aromatic heterocycles. The summed E-state index contributed by atoms with van der Waals surface area (Å²) in [6.07, 6.45) is 22.3. The van der Waals surface area contributed by atoms with Crippen molar-refractivity contribution in [3.63, 3.8) is 0 Å². The fourth-order valence-corrected chi connectivity index (χ4v) is 11.9. The summed E-state index contributed by atoms with van der Waals surface area (Å²) in [7, 11) is 0. The highest BCUT2D eigenvalue weighted by Gasteiger charge is 2.83. The molecule has 1 saturated heterocycles. The summed E-state index contributed by atoms with van der Waals surface area (Å²) in [4.78, 5) is 0. The Balaban J connectivity index is 1.50. The summed E-state index contributed by atoms with van der Waals surface area (Å²) < 4.78 is 22.3. The van der Waals surface area contributed by atoms with Crippen LogP contribution in [0.2, 0.25) is 0 Å². The monoisotopic (exact) mass is 947 g/mol. The fraction of sp³-hybridized carbons (Fsp3) is 0.683. The predicted molar refractivity (Wildman–Crippen MR) is 295 cm³/mol. The predicted octanol–water partition coefficient (Wildman–Crippen LogP) is 15.0. The van der Waals surface area contributed by atoms with Crippen LogP contribution in [0.3, 0.4) is 0 Å². The average Bonchev–Trinajstić information content (AvgIpc) is 3.43. The van der Waals surface area contributed by atoms with Gasteiger partial charge in [-0.1, -0.05) is 161 Å². The zero-order chi connectivity index (χ0) is 50.5. The molecule has 0 aliphatic carbocycles. The summed E-state index contributed by atoms with van der Waals surface area (Å²) in [5, 5.41) is 0. The van der Waals surface area contributed by atoms with Gasteiger partial charge in [-0.05, 0) is 95.4 Å². The molecular formula is C63H102N4O2+4. The van der Waals surface area contributed by atoms with Crippen molar-refractivity contribution in [3.05, 3.63) is 81.9 Å². The van der Waals surface area contributed by atoms with Crippen molar-refractivity contribution < 1.29 is 27.6 Å². The Morgan fingerprint density at radius 3 is 1.33 bits per heavy atom. The van der Waals surface area contributed by atoms with E-state index in [9.17, 15) is 0 Å². The Morgan fingerprint density at radius 1 is 0.493 bits per heavy atom. The van der Waals surface area contributed by atoms with E-state index in [2.05, 4.69) is 181 Å². The van der Waals surface area contributed by atoms with Crippen molar-refractivity contribution >= 4 is 12.4 Å². The standard InChI is InChI=1S/C63H102N4O2/c1-17-23-36-66(37-24-18-2,38-25-19-3)42-34-49-30-29-31-50(35-43-67(39-26-20-4,40-27-21-5)41-28-22-6)57(49)51-32-33-56-52(44-51)47-64-61(13,14)62(15,16)65-48-53-45-54(59(7,8)9)46-55(60(10,11)12)58(53)69-63(64,65)68-56/h29-33,44-48H,17-28,34-43H2,1-16H3/q+4. The van der Waals surface area contributed by atoms with Crippen LogP contribution in [0, 0.1) is 0 Å². The average molecular weight is 948 g/mol. The third-order valence-electron chi connectivity index (χ3n) is 17.3. The van der Waals surface area contributed by atoms with Gasteiger partial charge in [0.2, 0.25) is 11.1 Å². The van der Waals surface area contributed by atoms with E-state index in [-0.39, 0.29) is 21.9 Å². The van der Waals surface area contributed by atoms with Crippen LogP contribution in [-0.2, 0) is 23.7 Å². The molecule has 3 heterocycles. The molecular weight excluding hydrogens is 845 g/mol. The van der Waals surface area contributed by atoms with Gasteiger partial charge >= 0.3 is 6.03 Å². The number of unbranched alkanes of at least 4 members (excludes halogenated alkanes) is 6. The molecule has 1 spiro atoms. The second-order valence-corrected chi connectivity index (χ2v) is 25.1. The number of rotatable bonds is 25. The lowest BCUT2D eigenvalue weighted by Crippen LogP contribution is -2.61. The lowest BCUT2D eigenvalue weighted by molar-refractivity contribution is -0.928. The molecule has 1 fully saturated rings.